The van der Waals surface area contributed by atoms with Crippen molar-refractivity contribution in [2.75, 3.05) is 10.6 Å². The fraction of sp³-hybridized carbons (Fsp3) is 0.111. The number of hydrogen-bond acceptors (Lipinski definition) is 3. The summed E-state index contributed by atoms with van der Waals surface area (Å²) in [5.74, 6) is -0.453. The van der Waals surface area contributed by atoms with Crippen LogP contribution in [0.5, 0.6) is 0 Å². The topological polar surface area (TPSA) is 64.9 Å². The second-order valence-corrected chi connectivity index (χ2v) is 5.99. The zero-order valence-corrected chi connectivity index (χ0v) is 14.4. The second kappa shape index (κ2) is 7.61. The highest BCUT2D eigenvalue weighted by molar-refractivity contribution is 9.10. The molecule has 0 unspecified atom stereocenters. The minimum Gasteiger partial charge on any atom is -0.360 e. The number of aryl methyl sites for hydroxylation is 2. The van der Waals surface area contributed by atoms with Crippen LogP contribution in [0, 0.1) is 25.2 Å². The first kappa shape index (κ1) is 16.8. The Balaban J connectivity index is 2.08. The van der Waals surface area contributed by atoms with Crippen LogP contribution in [0.4, 0.5) is 11.4 Å². The van der Waals surface area contributed by atoms with Gasteiger partial charge in [0.2, 0.25) is 0 Å². The largest absolute Gasteiger partial charge is 0.360 e. The highest BCUT2D eigenvalue weighted by Gasteiger charge is 2.09. The molecule has 4 nitrogen and oxygen atoms in total. The van der Waals surface area contributed by atoms with Crippen molar-refractivity contribution in [3.63, 3.8) is 0 Å². The third-order valence-electron chi connectivity index (χ3n) is 3.36. The first-order valence-electron chi connectivity index (χ1n) is 7.00. The molecule has 0 aliphatic heterocycles. The maximum Gasteiger partial charge on any atom is 0.267 e. The van der Waals surface area contributed by atoms with Gasteiger partial charge in [-0.1, -0.05) is 22.0 Å². The van der Waals surface area contributed by atoms with E-state index in [1.165, 1.54) is 11.8 Å². The van der Waals surface area contributed by atoms with Gasteiger partial charge in [-0.05, 0) is 61.4 Å². The van der Waals surface area contributed by atoms with Gasteiger partial charge in [0.15, 0.2) is 0 Å². The molecule has 0 aliphatic rings. The van der Waals surface area contributed by atoms with Crippen LogP contribution < -0.4 is 10.6 Å². The zero-order valence-electron chi connectivity index (χ0n) is 12.9. The monoisotopic (exact) mass is 369 g/mol. The van der Waals surface area contributed by atoms with Gasteiger partial charge in [0.1, 0.15) is 11.6 Å². The average Bonchev–Trinajstić information content (AvgIpc) is 2.53. The van der Waals surface area contributed by atoms with Gasteiger partial charge in [-0.2, -0.15) is 5.26 Å². The molecule has 0 aliphatic carbocycles. The van der Waals surface area contributed by atoms with Crippen LogP contribution in [0.15, 0.2) is 58.7 Å². The lowest BCUT2D eigenvalue weighted by molar-refractivity contribution is -0.112. The molecule has 0 atom stereocenters. The van der Waals surface area contributed by atoms with Crippen molar-refractivity contribution in [1.29, 1.82) is 5.26 Å². The van der Waals surface area contributed by atoms with Crippen molar-refractivity contribution in [1.82, 2.24) is 0 Å². The average molecular weight is 370 g/mol. The molecule has 2 N–H and O–H groups in total. The summed E-state index contributed by atoms with van der Waals surface area (Å²) in [6, 6.07) is 14.9. The molecule has 0 heterocycles. The van der Waals surface area contributed by atoms with Crippen LogP contribution in [0.25, 0.3) is 0 Å². The van der Waals surface area contributed by atoms with Gasteiger partial charge < -0.3 is 10.6 Å². The van der Waals surface area contributed by atoms with E-state index < -0.39 is 5.91 Å². The Morgan fingerprint density at radius 3 is 2.35 bits per heavy atom. The molecule has 0 bridgehead atoms. The van der Waals surface area contributed by atoms with Gasteiger partial charge in [-0.25, -0.2) is 0 Å². The number of anilines is 2. The van der Waals surface area contributed by atoms with E-state index in [9.17, 15) is 4.79 Å². The van der Waals surface area contributed by atoms with Crippen LogP contribution in [0.3, 0.4) is 0 Å². The molecular formula is C18H16BrN3O. The smallest absolute Gasteiger partial charge is 0.267 e. The maximum atomic E-state index is 12.1. The quantitative estimate of drug-likeness (QED) is 0.614. The molecule has 0 aromatic heterocycles. The third kappa shape index (κ3) is 4.70. The fourth-order valence-electron chi connectivity index (χ4n) is 1.87. The molecule has 5 heteroatoms. The minimum atomic E-state index is -0.453. The predicted octanol–water partition coefficient (Wildman–Crippen LogP) is 4.52. The van der Waals surface area contributed by atoms with Gasteiger partial charge >= 0.3 is 0 Å². The van der Waals surface area contributed by atoms with Gasteiger partial charge in [0.05, 0.1) is 0 Å². The Bertz CT molecular complexity index is 789. The minimum absolute atomic E-state index is 0.00569. The predicted molar refractivity (Wildman–Crippen MR) is 96.0 cm³/mol. The summed E-state index contributed by atoms with van der Waals surface area (Å²) in [7, 11) is 0. The highest BCUT2D eigenvalue weighted by Crippen LogP contribution is 2.16. The zero-order chi connectivity index (χ0) is 16.8. The van der Waals surface area contributed by atoms with Crippen LogP contribution in [0.2, 0.25) is 0 Å². The molecule has 0 radical (unpaired) electrons. The lowest BCUT2D eigenvalue weighted by atomic mass is 10.1. The number of benzene rings is 2. The van der Waals surface area contributed by atoms with Gasteiger partial charge in [-0.15, -0.1) is 0 Å². The number of hydrogen-bond donors (Lipinski definition) is 2. The summed E-state index contributed by atoms with van der Waals surface area (Å²) in [6.07, 6.45) is 1.41. The number of rotatable bonds is 4. The second-order valence-electron chi connectivity index (χ2n) is 5.07. The number of nitriles is 1. The fourth-order valence-corrected chi connectivity index (χ4v) is 2.13. The summed E-state index contributed by atoms with van der Waals surface area (Å²) < 4.78 is 0.919. The Hall–Kier alpha value is -2.58. The van der Waals surface area contributed by atoms with E-state index in [-0.39, 0.29) is 5.57 Å². The first-order chi connectivity index (χ1) is 11.0. The van der Waals surface area contributed by atoms with E-state index in [2.05, 4.69) is 26.6 Å². The lowest BCUT2D eigenvalue weighted by Crippen LogP contribution is -2.14. The molecule has 2 rings (SSSR count). The van der Waals surface area contributed by atoms with Crippen LogP contribution in [-0.4, -0.2) is 5.91 Å². The summed E-state index contributed by atoms with van der Waals surface area (Å²) in [5.41, 5.74) is 3.79. The van der Waals surface area contributed by atoms with Crippen molar-refractivity contribution in [2.45, 2.75) is 13.8 Å². The van der Waals surface area contributed by atoms with Crippen molar-refractivity contribution in [3.8, 4) is 6.07 Å². The van der Waals surface area contributed by atoms with E-state index in [4.69, 9.17) is 5.26 Å². The summed E-state index contributed by atoms with van der Waals surface area (Å²) in [5, 5.41) is 14.8. The lowest BCUT2D eigenvalue weighted by Gasteiger charge is -2.07. The Kier molecular flexibility index (Phi) is 5.56. The van der Waals surface area contributed by atoms with E-state index in [1.807, 2.05) is 50.2 Å². The van der Waals surface area contributed by atoms with Gasteiger partial charge in [-0.3, -0.25) is 4.79 Å². The highest BCUT2D eigenvalue weighted by atomic mass is 79.9. The van der Waals surface area contributed by atoms with E-state index in [0.717, 1.165) is 15.7 Å². The van der Waals surface area contributed by atoms with Crippen LogP contribution in [-0.2, 0) is 4.79 Å². The molecule has 116 valence electrons. The van der Waals surface area contributed by atoms with Crippen molar-refractivity contribution in [3.05, 3.63) is 69.8 Å². The molecule has 0 saturated carbocycles. The molecule has 2 aromatic carbocycles. The Labute approximate surface area is 144 Å². The van der Waals surface area contributed by atoms with E-state index >= 15 is 0 Å². The summed E-state index contributed by atoms with van der Waals surface area (Å²) >= 11 is 3.33. The number of carbonyl (C=O) groups is 1. The molecule has 0 spiro atoms. The Morgan fingerprint density at radius 2 is 1.74 bits per heavy atom. The SMILES string of the molecule is Cc1ccc(N/C=C(/C#N)C(=O)Nc2ccc(Br)cc2)cc1C. The number of amides is 1. The number of carbonyl (C=O) groups excluding carboxylic acids is 1. The molecule has 23 heavy (non-hydrogen) atoms. The number of halogens is 1. The van der Waals surface area contributed by atoms with Gasteiger partial charge in [0, 0.05) is 22.0 Å². The van der Waals surface area contributed by atoms with Gasteiger partial charge in [0.25, 0.3) is 5.91 Å². The van der Waals surface area contributed by atoms with E-state index in [0.29, 0.717) is 5.69 Å². The van der Waals surface area contributed by atoms with Crippen molar-refractivity contribution < 1.29 is 4.79 Å². The molecule has 0 saturated heterocycles. The summed E-state index contributed by atoms with van der Waals surface area (Å²) in [6.45, 7) is 4.04. The molecule has 2 aromatic rings. The third-order valence-corrected chi connectivity index (χ3v) is 3.89. The molecule has 0 fully saturated rings. The van der Waals surface area contributed by atoms with E-state index in [1.54, 1.807) is 12.1 Å². The van der Waals surface area contributed by atoms with Crippen LogP contribution >= 0.6 is 15.9 Å². The maximum absolute atomic E-state index is 12.1. The van der Waals surface area contributed by atoms with Crippen molar-refractivity contribution >= 4 is 33.2 Å². The number of nitrogens with zero attached hydrogens (tertiary/aromatic N) is 1. The number of nitrogens with one attached hydrogen (secondary N) is 2. The Morgan fingerprint density at radius 1 is 1.09 bits per heavy atom. The van der Waals surface area contributed by atoms with Crippen molar-refractivity contribution in [2.24, 2.45) is 0 Å². The first-order valence-corrected chi connectivity index (χ1v) is 7.80. The summed E-state index contributed by atoms with van der Waals surface area (Å²) in [4.78, 5) is 12.1. The van der Waals surface area contributed by atoms with Crippen LogP contribution in [0.1, 0.15) is 11.1 Å². The molecular weight excluding hydrogens is 354 g/mol. The molecule has 1 amide bonds. The standard InChI is InChI=1S/C18H16BrN3O/c1-12-3-6-17(9-13(12)2)21-11-14(10-20)18(23)22-16-7-4-15(19)5-8-16/h3-9,11,21H,1-2H3,(H,22,23)/b14-11-. The normalized spacial score (nSPS) is 10.8.